The van der Waals surface area contributed by atoms with Crippen molar-refractivity contribution in [2.75, 3.05) is 18.1 Å². The lowest BCUT2D eigenvalue weighted by Gasteiger charge is -2.58. The lowest BCUT2D eigenvalue weighted by Crippen LogP contribution is -2.63. The van der Waals surface area contributed by atoms with E-state index in [4.69, 9.17) is 4.74 Å². The molecule has 1 aromatic rings. The number of hydrogen-bond acceptors (Lipinski definition) is 3. The average Bonchev–Trinajstić information content (AvgIpc) is 2.56. The topological polar surface area (TPSA) is 61.8 Å². The third-order valence-corrected chi connectivity index (χ3v) is 6.56. The molecule has 1 aliphatic heterocycles. The number of rotatable bonds is 1. The molecule has 1 heterocycles. The number of hydrogen-bond donors (Lipinski definition) is 2. The number of nitrogens with one attached hydrogen (secondary N) is 1. The number of fused-ring (bicyclic) bond motifs is 1. The number of carbonyl (C=O) groups excluding carboxylic acids is 1. The van der Waals surface area contributed by atoms with Gasteiger partial charge in [-0.05, 0) is 62.0 Å². The summed E-state index contributed by atoms with van der Waals surface area (Å²) in [5, 5.41) is 13.9. The molecule has 6 heteroatoms. The van der Waals surface area contributed by atoms with Gasteiger partial charge in [-0.2, -0.15) is 0 Å². The van der Waals surface area contributed by atoms with Crippen LogP contribution in [0, 0.1) is 23.6 Å². The van der Waals surface area contributed by atoms with Crippen molar-refractivity contribution in [3.63, 3.8) is 0 Å². The predicted molar refractivity (Wildman–Crippen MR) is 90.1 cm³/mol. The van der Waals surface area contributed by atoms with Gasteiger partial charge in [0, 0.05) is 12.1 Å². The van der Waals surface area contributed by atoms with Gasteiger partial charge < -0.3 is 15.2 Å². The summed E-state index contributed by atoms with van der Waals surface area (Å²) < 4.78 is 19.2. The Morgan fingerprint density at radius 1 is 1.28 bits per heavy atom. The molecule has 2 unspecified atom stereocenters. The molecule has 0 aromatic heterocycles. The molecule has 0 saturated heterocycles. The van der Waals surface area contributed by atoms with Gasteiger partial charge in [-0.1, -0.05) is 0 Å². The highest BCUT2D eigenvalue weighted by Crippen LogP contribution is 2.55. The molecular formula is C19H23FN2O3. The van der Waals surface area contributed by atoms with Crippen molar-refractivity contribution in [1.29, 1.82) is 0 Å². The molecule has 4 saturated carbocycles. The molecule has 0 spiro atoms. The van der Waals surface area contributed by atoms with E-state index in [-0.39, 0.29) is 17.9 Å². The van der Waals surface area contributed by atoms with Crippen molar-refractivity contribution in [2.24, 2.45) is 17.8 Å². The van der Waals surface area contributed by atoms with Gasteiger partial charge in [0.25, 0.3) is 0 Å². The molecule has 4 aliphatic carbocycles. The van der Waals surface area contributed by atoms with Crippen molar-refractivity contribution >= 4 is 11.7 Å². The molecule has 4 fully saturated rings. The Labute approximate surface area is 146 Å². The predicted octanol–water partition coefficient (Wildman–Crippen LogP) is 2.67. The molecule has 2 atom stereocenters. The highest BCUT2D eigenvalue weighted by atomic mass is 19.1. The summed E-state index contributed by atoms with van der Waals surface area (Å²) in [5.41, 5.74) is -0.0157. The van der Waals surface area contributed by atoms with Crippen LogP contribution in [0.4, 0.5) is 14.9 Å². The molecule has 134 valence electrons. The summed E-state index contributed by atoms with van der Waals surface area (Å²) in [4.78, 5) is 14.5. The lowest BCUT2D eigenvalue weighted by molar-refractivity contribution is -0.136. The fraction of sp³-hybridized carbons (Fsp3) is 0.632. The minimum absolute atomic E-state index is 0.115. The fourth-order valence-electron chi connectivity index (χ4n) is 5.84. The zero-order valence-electron chi connectivity index (χ0n) is 14.1. The van der Waals surface area contributed by atoms with E-state index in [0.717, 1.165) is 32.1 Å². The van der Waals surface area contributed by atoms with Crippen molar-refractivity contribution in [2.45, 2.75) is 43.7 Å². The first kappa shape index (κ1) is 15.4. The minimum Gasteiger partial charge on any atom is -0.490 e. The van der Waals surface area contributed by atoms with Gasteiger partial charge >= 0.3 is 6.03 Å². The second-order valence-corrected chi connectivity index (χ2v) is 8.28. The summed E-state index contributed by atoms with van der Waals surface area (Å²) >= 11 is 0. The van der Waals surface area contributed by atoms with Crippen LogP contribution < -0.4 is 15.0 Å². The van der Waals surface area contributed by atoms with Crippen LogP contribution in [0.3, 0.4) is 0 Å². The number of benzene rings is 1. The maximum Gasteiger partial charge on any atom is 0.322 e. The molecule has 0 radical (unpaired) electrons. The summed E-state index contributed by atoms with van der Waals surface area (Å²) in [6, 6.07) is 4.21. The van der Waals surface area contributed by atoms with Crippen LogP contribution in [-0.4, -0.2) is 35.9 Å². The Morgan fingerprint density at radius 2 is 2.04 bits per heavy atom. The Morgan fingerprint density at radius 3 is 2.76 bits per heavy atom. The van der Waals surface area contributed by atoms with E-state index in [0.29, 0.717) is 42.3 Å². The van der Waals surface area contributed by atoms with Crippen LogP contribution in [0.15, 0.2) is 18.2 Å². The molecule has 2 amide bonds. The van der Waals surface area contributed by atoms with E-state index < -0.39 is 5.60 Å². The van der Waals surface area contributed by atoms with Crippen LogP contribution in [-0.2, 0) is 0 Å². The average molecular weight is 346 g/mol. The van der Waals surface area contributed by atoms with Crippen LogP contribution in [0.1, 0.15) is 32.1 Å². The van der Waals surface area contributed by atoms with Crippen molar-refractivity contribution in [1.82, 2.24) is 5.32 Å². The Kier molecular flexibility index (Phi) is 3.29. The third kappa shape index (κ3) is 2.49. The second kappa shape index (κ2) is 5.34. The van der Waals surface area contributed by atoms with Crippen molar-refractivity contribution < 1.29 is 19.0 Å². The van der Waals surface area contributed by atoms with Gasteiger partial charge in [0.2, 0.25) is 0 Å². The first-order valence-electron chi connectivity index (χ1n) is 9.23. The van der Waals surface area contributed by atoms with E-state index in [1.165, 1.54) is 12.1 Å². The van der Waals surface area contributed by atoms with Crippen LogP contribution in [0.25, 0.3) is 0 Å². The first-order chi connectivity index (χ1) is 12.0. The van der Waals surface area contributed by atoms with E-state index in [1.54, 1.807) is 11.0 Å². The maximum absolute atomic E-state index is 13.6. The molecule has 5 nitrogen and oxygen atoms in total. The number of amides is 2. The largest absolute Gasteiger partial charge is 0.490 e. The Balaban J connectivity index is 1.36. The number of halogens is 1. The summed E-state index contributed by atoms with van der Waals surface area (Å²) in [5.74, 6) is 1.48. The lowest BCUT2D eigenvalue weighted by atomic mass is 9.52. The first-order valence-corrected chi connectivity index (χ1v) is 9.23. The molecule has 1 aromatic carbocycles. The summed E-state index contributed by atoms with van der Waals surface area (Å²) in [7, 11) is 0. The molecule has 25 heavy (non-hydrogen) atoms. The number of carbonyl (C=O) groups is 1. The Bertz CT molecular complexity index is 709. The number of nitrogens with zero attached hydrogens (tertiary/aromatic N) is 1. The number of ether oxygens (including phenoxy) is 1. The zero-order chi connectivity index (χ0) is 17.2. The maximum atomic E-state index is 13.6. The fourth-order valence-corrected chi connectivity index (χ4v) is 5.84. The van der Waals surface area contributed by atoms with E-state index in [1.807, 2.05) is 0 Å². The Hall–Kier alpha value is -1.82. The van der Waals surface area contributed by atoms with E-state index in [9.17, 15) is 14.3 Å². The van der Waals surface area contributed by atoms with E-state index >= 15 is 0 Å². The van der Waals surface area contributed by atoms with E-state index in [2.05, 4.69) is 5.32 Å². The molecule has 5 aliphatic rings. The van der Waals surface area contributed by atoms with Crippen LogP contribution in [0.2, 0.25) is 0 Å². The van der Waals surface area contributed by atoms with Crippen LogP contribution in [0.5, 0.6) is 5.75 Å². The molecule has 6 rings (SSSR count). The van der Waals surface area contributed by atoms with Crippen molar-refractivity contribution in [3.8, 4) is 5.75 Å². The number of anilines is 1. The molecule has 2 N–H and O–H groups in total. The van der Waals surface area contributed by atoms with Gasteiger partial charge in [-0.25, -0.2) is 9.18 Å². The number of aliphatic hydroxyl groups is 1. The van der Waals surface area contributed by atoms with Crippen molar-refractivity contribution in [3.05, 3.63) is 24.0 Å². The van der Waals surface area contributed by atoms with Gasteiger partial charge in [0.15, 0.2) is 0 Å². The smallest absolute Gasteiger partial charge is 0.322 e. The standard InChI is InChI=1S/C19H23FN2O3/c20-14-1-2-16-15(7-14)22(3-4-25-16)18(23)21-17-12-5-11-6-13(17)10-19(24,8-11)9-12/h1-2,7,11-13,17,24H,3-6,8-10H2,(H,21,23). The zero-order valence-corrected chi connectivity index (χ0v) is 14.1. The SMILES string of the molecule is O=C(NC1C2CC3CC1CC(O)(C3)C2)N1CCOc2ccc(F)cc21. The van der Waals surface area contributed by atoms with Gasteiger partial charge in [-0.15, -0.1) is 0 Å². The second-order valence-electron chi connectivity index (χ2n) is 8.28. The highest BCUT2D eigenvalue weighted by molar-refractivity contribution is 5.94. The minimum atomic E-state index is -0.508. The highest BCUT2D eigenvalue weighted by Gasteiger charge is 2.55. The normalized spacial score (nSPS) is 38.2. The van der Waals surface area contributed by atoms with Gasteiger partial charge in [-0.3, -0.25) is 4.90 Å². The monoisotopic (exact) mass is 346 g/mol. The molecule has 4 bridgehead atoms. The molecular weight excluding hydrogens is 323 g/mol. The van der Waals surface area contributed by atoms with Gasteiger partial charge in [0.05, 0.1) is 17.8 Å². The third-order valence-electron chi connectivity index (χ3n) is 6.56. The summed E-state index contributed by atoms with van der Waals surface area (Å²) in [6.45, 7) is 0.822. The summed E-state index contributed by atoms with van der Waals surface area (Å²) in [6.07, 6.45) is 4.70. The number of urea groups is 1. The van der Waals surface area contributed by atoms with Crippen LogP contribution >= 0.6 is 0 Å². The van der Waals surface area contributed by atoms with Gasteiger partial charge in [0.1, 0.15) is 18.2 Å². The quantitative estimate of drug-likeness (QED) is 0.822.